The van der Waals surface area contributed by atoms with Gasteiger partial charge >= 0.3 is 0 Å². The van der Waals surface area contributed by atoms with E-state index in [4.69, 9.17) is 9.84 Å². The van der Waals surface area contributed by atoms with Gasteiger partial charge in [-0.2, -0.15) is 0 Å². The van der Waals surface area contributed by atoms with Gasteiger partial charge in [0.05, 0.1) is 0 Å². The number of hydrogen-bond acceptors (Lipinski definition) is 4. The first-order valence-electron chi connectivity index (χ1n) is 6.53. The first kappa shape index (κ1) is 13.2. The molecular weight excluding hydrogens is 230 g/mol. The third-order valence-corrected chi connectivity index (χ3v) is 3.50. The number of para-hydroxylation sites is 2. The van der Waals surface area contributed by atoms with Gasteiger partial charge in [-0.15, -0.1) is 0 Å². The molecule has 100 valence electrons. The highest BCUT2D eigenvalue weighted by Gasteiger charge is 2.18. The fourth-order valence-corrected chi connectivity index (χ4v) is 2.26. The van der Waals surface area contributed by atoms with Crippen molar-refractivity contribution in [2.75, 3.05) is 32.8 Å². The fourth-order valence-electron chi connectivity index (χ4n) is 2.26. The lowest BCUT2D eigenvalue weighted by Gasteiger charge is -2.30. The topological polar surface area (TPSA) is 52.9 Å². The molecule has 0 saturated carbocycles. The molecule has 1 aliphatic rings. The number of ether oxygens (including phenoxy) is 1. The number of aliphatic hydroxyl groups is 1. The molecule has 0 bridgehead atoms. The maximum Gasteiger partial charge on any atom is 0.160 e. The molecule has 1 heterocycles. The van der Waals surface area contributed by atoms with Gasteiger partial charge in [0.1, 0.15) is 6.61 Å². The van der Waals surface area contributed by atoms with Gasteiger partial charge in [-0.05, 0) is 44.0 Å². The number of phenolic OH excluding ortho intramolecular Hbond substituents is 1. The Morgan fingerprint density at radius 3 is 2.61 bits per heavy atom. The van der Waals surface area contributed by atoms with Crippen molar-refractivity contribution in [3.63, 3.8) is 0 Å². The van der Waals surface area contributed by atoms with Crippen LogP contribution < -0.4 is 4.74 Å². The number of aromatic hydroxyl groups is 1. The van der Waals surface area contributed by atoms with Crippen LogP contribution in [-0.2, 0) is 0 Å². The van der Waals surface area contributed by atoms with Gasteiger partial charge in [-0.1, -0.05) is 12.1 Å². The predicted molar refractivity (Wildman–Crippen MR) is 69.9 cm³/mol. The molecule has 1 aromatic rings. The zero-order valence-electron chi connectivity index (χ0n) is 10.6. The van der Waals surface area contributed by atoms with Gasteiger partial charge in [-0.3, -0.25) is 4.90 Å². The number of nitrogens with zero attached hydrogens (tertiary/aromatic N) is 1. The minimum atomic E-state index is 0.191. The number of piperidine rings is 1. The van der Waals surface area contributed by atoms with Gasteiger partial charge in [0.2, 0.25) is 0 Å². The van der Waals surface area contributed by atoms with Crippen molar-refractivity contribution in [3.8, 4) is 11.5 Å². The Kier molecular flexibility index (Phi) is 4.84. The summed E-state index contributed by atoms with van der Waals surface area (Å²) < 4.78 is 5.55. The molecule has 4 nitrogen and oxygen atoms in total. The summed E-state index contributed by atoms with van der Waals surface area (Å²) in [7, 11) is 0. The summed E-state index contributed by atoms with van der Waals surface area (Å²) in [5.41, 5.74) is 0. The Morgan fingerprint density at radius 2 is 1.94 bits per heavy atom. The number of likely N-dealkylation sites (tertiary alicyclic amines) is 1. The zero-order chi connectivity index (χ0) is 12.8. The van der Waals surface area contributed by atoms with Crippen molar-refractivity contribution < 1.29 is 14.9 Å². The third-order valence-electron chi connectivity index (χ3n) is 3.50. The van der Waals surface area contributed by atoms with Crippen LogP contribution in [0.25, 0.3) is 0 Å². The van der Waals surface area contributed by atoms with E-state index in [2.05, 4.69) is 4.90 Å². The molecule has 2 N–H and O–H groups in total. The summed E-state index contributed by atoms with van der Waals surface area (Å²) in [5, 5.41) is 18.6. The van der Waals surface area contributed by atoms with E-state index in [-0.39, 0.29) is 5.75 Å². The van der Waals surface area contributed by atoms with E-state index in [9.17, 15) is 5.11 Å². The lowest BCUT2D eigenvalue weighted by atomic mass is 9.98. The van der Waals surface area contributed by atoms with E-state index in [0.717, 1.165) is 32.5 Å². The standard InChI is InChI=1S/C14H21NO3/c16-11-12-5-7-15(8-6-12)9-10-18-14-4-2-1-3-13(14)17/h1-4,12,16-17H,5-11H2. The summed E-state index contributed by atoms with van der Waals surface area (Å²) in [6.07, 6.45) is 2.13. The van der Waals surface area contributed by atoms with Crippen LogP contribution in [0.3, 0.4) is 0 Å². The van der Waals surface area contributed by atoms with Gasteiger partial charge in [0, 0.05) is 13.2 Å². The van der Waals surface area contributed by atoms with Gasteiger partial charge < -0.3 is 14.9 Å². The van der Waals surface area contributed by atoms with E-state index in [1.165, 1.54) is 0 Å². The summed E-state index contributed by atoms with van der Waals surface area (Å²) >= 11 is 0. The van der Waals surface area contributed by atoms with Crippen LogP contribution in [0.1, 0.15) is 12.8 Å². The van der Waals surface area contributed by atoms with Gasteiger partial charge in [0.15, 0.2) is 11.5 Å². The fraction of sp³-hybridized carbons (Fsp3) is 0.571. The SMILES string of the molecule is OCC1CCN(CCOc2ccccc2O)CC1. The van der Waals surface area contributed by atoms with Crippen LogP contribution in [-0.4, -0.2) is 48.0 Å². The molecule has 2 rings (SSSR count). The highest BCUT2D eigenvalue weighted by molar-refractivity contribution is 5.37. The zero-order valence-corrected chi connectivity index (χ0v) is 10.6. The van der Waals surface area contributed by atoms with E-state index in [0.29, 0.717) is 24.9 Å². The lowest BCUT2D eigenvalue weighted by molar-refractivity contribution is 0.118. The Morgan fingerprint density at radius 1 is 1.22 bits per heavy atom. The Balaban J connectivity index is 1.69. The first-order valence-corrected chi connectivity index (χ1v) is 6.53. The number of phenols is 1. The molecule has 1 aliphatic heterocycles. The molecule has 1 fully saturated rings. The Bertz CT molecular complexity index is 362. The minimum Gasteiger partial charge on any atom is -0.504 e. The van der Waals surface area contributed by atoms with E-state index < -0.39 is 0 Å². The van der Waals surface area contributed by atoms with E-state index >= 15 is 0 Å². The van der Waals surface area contributed by atoms with Gasteiger partial charge in [0.25, 0.3) is 0 Å². The maximum absolute atomic E-state index is 9.55. The quantitative estimate of drug-likeness (QED) is 0.832. The van der Waals surface area contributed by atoms with Crippen LogP contribution in [0, 0.1) is 5.92 Å². The summed E-state index contributed by atoms with van der Waals surface area (Å²) in [5.74, 6) is 1.21. The van der Waals surface area contributed by atoms with Crippen LogP contribution in [0.4, 0.5) is 0 Å². The van der Waals surface area contributed by atoms with Crippen molar-refractivity contribution in [1.29, 1.82) is 0 Å². The summed E-state index contributed by atoms with van der Waals surface area (Å²) in [6, 6.07) is 7.03. The van der Waals surface area contributed by atoms with E-state index in [1.54, 1.807) is 18.2 Å². The van der Waals surface area contributed by atoms with Crippen molar-refractivity contribution in [1.82, 2.24) is 4.90 Å². The Hall–Kier alpha value is -1.26. The lowest BCUT2D eigenvalue weighted by Crippen LogP contribution is -2.37. The average Bonchev–Trinajstić information content (AvgIpc) is 2.42. The van der Waals surface area contributed by atoms with Crippen molar-refractivity contribution >= 4 is 0 Å². The monoisotopic (exact) mass is 251 g/mol. The maximum atomic E-state index is 9.55. The predicted octanol–water partition coefficient (Wildman–Crippen LogP) is 1.48. The number of benzene rings is 1. The highest BCUT2D eigenvalue weighted by Crippen LogP contribution is 2.24. The molecule has 0 amide bonds. The molecule has 0 aromatic heterocycles. The highest BCUT2D eigenvalue weighted by atomic mass is 16.5. The Labute approximate surface area is 108 Å². The normalized spacial score (nSPS) is 17.8. The smallest absolute Gasteiger partial charge is 0.160 e. The first-order chi connectivity index (χ1) is 8.79. The van der Waals surface area contributed by atoms with Crippen LogP contribution in [0.15, 0.2) is 24.3 Å². The molecule has 0 radical (unpaired) electrons. The number of aliphatic hydroxyl groups excluding tert-OH is 1. The molecule has 0 aliphatic carbocycles. The van der Waals surface area contributed by atoms with Crippen molar-refractivity contribution in [2.45, 2.75) is 12.8 Å². The molecule has 0 spiro atoms. The largest absolute Gasteiger partial charge is 0.504 e. The molecule has 1 saturated heterocycles. The third kappa shape index (κ3) is 3.62. The second-order valence-corrected chi connectivity index (χ2v) is 4.78. The molecule has 0 atom stereocenters. The average molecular weight is 251 g/mol. The molecule has 1 aromatic carbocycles. The molecule has 4 heteroatoms. The molecular formula is C14H21NO3. The van der Waals surface area contributed by atoms with Crippen LogP contribution in [0.5, 0.6) is 11.5 Å². The van der Waals surface area contributed by atoms with Crippen molar-refractivity contribution in [3.05, 3.63) is 24.3 Å². The van der Waals surface area contributed by atoms with Crippen LogP contribution >= 0.6 is 0 Å². The second-order valence-electron chi connectivity index (χ2n) is 4.78. The van der Waals surface area contributed by atoms with Crippen molar-refractivity contribution in [2.24, 2.45) is 5.92 Å². The summed E-state index contributed by atoms with van der Waals surface area (Å²) in [4.78, 5) is 2.34. The minimum absolute atomic E-state index is 0.191. The molecule has 0 unspecified atom stereocenters. The molecule has 18 heavy (non-hydrogen) atoms. The summed E-state index contributed by atoms with van der Waals surface area (Å²) in [6.45, 7) is 3.81. The number of hydrogen-bond donors (Lipinski definition) is 2. The number of rotatable bonds is 5. The second kappa shape index (κ2) is 6.61. The van der Waals surface area contributed by atoms with Crippen LogP contribution in [0.2, 0.25) is 0 Å². The van der Waals surface area contributed by atoms with Gasteiger partial charge in [-0.25, -0.2) is 0 Å². The van der Waals surface area contributed by atoms with E-state index in [1.807, 2.05) is 6.07 Å².